The molecule has 82 valence electrons. The average Bonchev–Trinajstić information content (AvgIpc) is 2.36. The van der Waals surface area contributed by atoms with Crippen LogP contribution < -0.4 is 9.47 Å². The van der Waals surface area contributed by atoms with Crippen molar-refractivity contribution in [3.63, 3.8) is 0 Å². The van der Waals surface area contributed by atoms with E-state index in [1.165, 1.54) is 0 Å². The molecule has 1 aliphatic rings. The Labute approximate surface area is 89.6 Å². The molecule has 1 atom stereocenters. The predicted octanol–water partition coefficient (Wildman–Crippen LogP) is 2.12. The minimum absolute atomic E-state index is 0.335. The highest BCUT2D eigenvalue weighted by atomic mass is 16.7. The summed E-state index contributed by atoms with van der Waals surface area (Å²) in [4.78, 5) is 0. The third-order valence-electron chi connectivity index (χ3n) is 2.25. The van der Waals surface area contributed by atoms with E-state index in [0.29, 0.717) is 6.42 Å². The number of hydrogen-bond acceptors (Lipinski definition) is 3. The Bertz CT molecular complexity index is 369. The molecule has 15 heavy (non-hydrogen) atoms. The van der Waals surface area contributed by atoms with Crippen LogP contribution in [0.3, 0.4) is 0 Å². The van der Waals surface area contributed by atoms with Gasteiger partial charge >= 0.3 is 0 Å². The van der Waals surface area contributed by atoms with Gasteiger partial charge in [-0.25, -0.2) is 0 Å². The van der Waals surface area contributed by atoms with Crippen LogP contribution in [-0.2, 0) is 6.42 Å². The lowest BCUT2D eigenvalue weighted by molar-refractivity contribution is -0.0431. The number of ether oxygens (including phenoxy) is 2. The van der Waals surface area contributed by atoms with Crippen molar-refractivity contribution in [3.05, 3.63) is 23.8 Å². The largest absolute Gasteiger partial charge is 0.449 e. The van der Waals surface area contributed by atoms with Gasteiger partial charge < -0.3 is 14.6 Å². The van der Waals surface area contributed by atoms with Crippen molar-refractivity contribution in [2.75, 3.05) is 0 Å². The zero-order valence-electron chi connectivity index (χ0n) is 9.28. The summed E-state index contributed by atoms with van der Waals surface area (Å²) >= 11 is 0. The Morgan fingerprint density at radius 1 is 1.27 bits per heavy atom. The fourth-order valence-electron chi connectivity index (χ4n) is 1.74. The standard InChI is InChI=1S/C12H16O3/c1-8(13)6-9-4-5-10-11(7-9)15-12(2,3)14-10/h4-5,7-8,13H,6H2,1-3H3. The average molecular weight is 208 g/mol. The smallest absolute Gasteiger partial charge is 0.246 e. The van der Waals surface area contributed by atoms with Gasteiger partial charge in [-0.1, -0.05) is 6.07 Å². The molecule has 1 N–H and O–H groups in total. The van der Waals surface area contributed by atoms with Crippen molar-refractivity contribution in [1.29, 1.82) is 0 Å². The molecule has 0 fully saturated rings. The summed E-state index contributed by atoms with van der Waals surface area (Å²) in [5.74, 6) is 0.957. The highest BCUT2D eigenvalue weighted by Crippen LogP contribution is 2.39. The van der Waals surface area contributed by atoms with Gasteiger partial charge in [0.25, 0.3) is 0 Å². The van der Waals surface area contributed by atoms with E-state index in [0.717, 1.165) is 17.1 Å². The van der Waals surface area contributed by atoms with Gasteiger partial charge in [-0.3, -0.25) is 0 Å². The highest BCUT2D eigenvalue weighted by molar-refractivity contribution is 5.45. The van der Waals surface area contributed by atoms with Gasteiger partial charge in [0.05, 0.1) is 6.10 Å². The number of rotatable bonds is 2. The molecule has 1 aromatic rings. The Morgan fingerprint density at radius 2 is 1.93 bits per heavy atom. The van der Waals surface area contributed by atoms with Gasteiger partial charge in [0, 0.05) is 13.8 Å². The lowest BCUT2D eigenvalue weighted by Crippen LogP contribution is -2.29. The maximum atomic E-state index is 9.28. The quantitative estimate of drug-likeness (QED) is 0.809. The molecule has 2 rings (SSSR count). The summed E-state index contributed by atoms with van der Waals surface area (Å²) in [5.41, 5.74) is 1.06. The molecule has 0 radical (unpaired) electrons. The van der Waals surface area contributed by atoms with Crippen LogP contribution in [0.1, 0.15) is 26.3 Å². The van der Waals surface area contributed by atoms with Crippen molar-refractivity contribution >= 4 is 0 Å². The second-order valence-corrected chi connectivity index (χ2v) is 4.44. The van der Waals surface area contributed by atoms with E-state index in [1.54, 1.807) is 6.92 Å². The van der Waals surface area contributed by atoms with Crippen molar-refractivity contribution in [1.82, 2.24) is 0 Å². The molecule has 0 saturated carbocycles. The summed E-state index contributed by atoms with van der Waals surface area (Å²) in [6.07, 6.45) is 0.301. The first-order valence-corrected chi connectivity index (χ1v) is 5.15. The van der Waals surface area contributed by atoms with Gasteiger partial charge in [0.1, 0.15) is 0 Å². The van der Waals surface area contributed by atoms with Crippen LogP contribution in [0, 0.1) is 0 Å². The maximum absolute atomic E-state index is 9.28. The molecule has 1 unspecified atom stereocenters. The molecule has 1 aromatic carbocycles. The van der Waals surface area contributed by atoms with Crippen LogP contribution in [0.2, 0.25) is 0 Å². The van der Waals surface area contributed by atoms with Gasteiger partial charge in [-0.15, -0.1) is 0 Å². The van der Waals surface area contributed by atoms with E-state index in [9.17, 15) is 5.11 Å². The van der Waals surface area contributed by atoms with E-state index >= 15 is 0 Å². The molecule has 3 heteroatoms. The Morgan fingerprint density at radius 3 is 2.60 bits per heavy atom. The molecule has 3 nitrogen and oxygen atoms in total. The topological polar surface area (TPSA) is 38.7 Å². The molecule has 0 aliphatic carbocycles. The third kappa shape index (κ3) is 2.23. The number of fused-ring (bicyclic) bond motifs is 1. The number of aliphatic hydroxyl groups excluding tert-OH is 1. The lowest BCUT2D eigenvalue weighted by Gasteiger charge is -2.16. The summed E-state index contributed by atoms with van der Waals surface area (Å²) in [6.45, 7) is 5.53. The van der Waals surface area contributed by atoms with Crippen molar-refractivity contribution in [3.8, 4) is 11.5 Å². The van der Waals surface area contributed by atoms with Gasteiger partial charge in [0.2, 0.25) is 5.79 Å². The number of benzene rings is 1. The molecule has 1 aliphatic heterocycles. The summed E-state index contributed by atoms with van der Waals surface area (Å²) in [7, 11) is 0. The molecule has 1 heterocycles. The molecule has 0 bridgehead atoms. The van der Waals surface area contributed by atoms with Gasteiger partial charge in [0.15, 0.2) is 11.5 Å². The first-order valence-electron chi connectivity index (χ1n) is 5.15. The van der Waals surface area contributed by atoms with Crippen molar-refractivity contribution in [2.45, 2.75) is 39.1 Å². The van der Waals surface area contributed by atoms with Crippen LogP contribution in [0.4, 0.5) is 0 Å². The minimum atomic E-state index is -0.578. The predicted molar refractivity (Wildman–Crippen MR) is 57.2 cm³/mol. The van der Waals surface area contributed by atoms with E-state index in [4.69, 9.17) is 9.47 Å². The summed E-state index contributed by atoms with van der Waals surface area (Å²) in [5, 5.41) is 9.28. The van der Waals surface area contributed by atoms with Crippen molar-refractivity contribution < 1.29 is 14.6 Å². The molecule has 0 spiro atoms. The number of hydrogen-bond donors (Lipinski definition) is 1. The van der Waals surface area contributed by atoms with Gasteiger partial charge in [-0.05, 0) is 31.0 Å². The zero-order chi connectivity index (χ0) is 11.1. The third-order valence-corrected chi connectivity index (χ3v) is 2.25. The van der Waals surface area contributed by atoms with Crippen LogP contribution >= 0.6 is 0 Å². The molecule has 0 aromatic heterocycles. The molecule has 0 amide bonds. The Hall–Kier alpha value is -1.22. The van der Waals surface area contributed by atoms with Crippen molar-refractivity contribution in [2.24, 2.45) is 0 Å². The van der Waals surface area contributed by atoms with E-state index in [-0.39, 0.29) is 6.10 Å². The lowest BCUT2D eigenvalue weighted by atomic mass is 10.1. The normalized spacial score (nSPS) is 18.9. The fourth-order valence-corrected chi connectivity index (χ4v) is 1.74. The number of aliphatic hydroxyl groups is 1. The second kappa shape index (κ2) is 3.42. The summed E-state index contributed by atoms with van der Waals surface area (Å²) in [6, 6.07) is 5.77. The highest BCUT2D eigenvalue weighted by Gasteiger charge is 2.31. The zero-order valence-corrected chi connectivity index (χ0v) is 9.28. The van der Waals surface area contributed by atoms with E-state index in [1.807, 2.05) is 32.0 Å². The van der Waals surface area contributed by atoms with Crippen LogP contribution in [0.5, 0.6) is 11.5 Å². The minimum Gasteiger partial charge on any atom is -0.449 e. The van der Waals surface area contributed by atoms with E-state index in [2.05, 4.69) is 0 Å². The molecular formula is C12H16O3. The fraction of sp³-hybridized carbons (Fsp3) is 0.500. The van der Waals surface area contributed by atoms with Crippen LogP contribution in [0.15, 0.2) is 18.2 Å². The Balaban J connectivity index is 2.23. The first-order chi connectivity index (χ1) is 6.96. The van der Waals surface area contributed by atoms with Gasteiger partial charge in [-0.2, -0.15) is 0 Å². The van der Waals surface area contributed by atoms with Crippen LogP contribution in [0.25, 0.3) is 0 Å². The maximum Gasteiger partial charge on any atom is 0.246 e. The van der Waals surface area contributed by atoms with E-state index < -0.39 is 5.79 Å². The summed E-state index contributed by atoms with van der Waals surface area (Å²) < 4.78 is 11.2. The molecular weight excluding hydrogens is 192 g/mol. The molecule has 0 saturated heterocycles. The Kier molecular flexibility index (Phi) is 2.35. The van der Waals surface area contributed by atoms with Crippen LogP contribution in [-0.4, -0.2) is 17.0 Å². The first kappa shape index (κ1) is 10.3. The monoisotopic (exact) mass is 208 g/mol. The second-order valence-electron chi connectivity index (χ2n) is 4.44. The SMILES string of the molecule is CC(O)Cc1ccc2c(c1)OC(C)(C)O2.